The first-order valence-corrected chi connectivity index (χ1v) is 7.80. The van der Waals surface area contributed by atoms with Crippen molar-refractivity contribution in [2.45, 2.75) is 18.9 Å². The fourth-order valence-electron chi connectivity index (χ4n) is 2.93. The van der Waals surface area contributed by atoms with Gasteiger partial charge in [0, 0.05) is 43.8 Å². The van der Waals surface area contributed by atoms with E-state index in [1.54, 1.807) is 10.6 Å². The molecule has 0 amide bonds. The second-order valence-corrected chi connectivity index (χ2v) is 6.27. The highest BCUT2D eigenvalue weighted by atomic mass is 32.1. The Morgan fingerprint density at radius 1 is 1.30 bits per heavy atom. The number of carbonyl (C=O) groups is 1. The van der Waals surface area contributed by atoms with Crippen molar-refractivity contribution in [1.29, 1.82) is 0 Å². The van der Waals surface area contributed by atoms with Gasteiger partial charge in [0.2, 0.25) is 0 Å². The van der Waals surface area contributed by atoms with Gasteiger partial charge in [-0.1, -0.05) is 0 Å². The molecule has 0 bridgehead atoms. The van der Waals surface area contributed by atoms with E-state index in [4.69, 9.17) is 0 Å². The molecular formula is C13H16N4O2S. The molecule has 2 aromatic rings. The van der Waals surface area contributed by atoms with Crippen LogP contribution in [0.25, 0.3) is 4.96 Å². The van der Waals surface area contributed by atoms with E-state index in [1.807, 2.05) is 5.38 Å². The van der Waals surface area contributed by atoms with Crippen LogP contribution in [-0.4, -0.2) is 57.6 Å². The molecule has 0 unspecified atom stereocenters. The first-order chi connectivity index (χ1) is 9.74. The first-order valence-electron chi connectivity index (χ1n) is 6.92. The molecule has 1 N–H and O–H groups in total. The number of carboxylic acid groups (broad SMARTS) is 1. The summed E-state index contributed by atoms with van der Waals surface area (Å²) in [7, 11) is 0. The Morgan fingerprint density at radius 3 is 2.70 bits per heavy atom. The number of imidazole rings is 1. The van der Waals surface area contributed by atoms with Crippen molar-refractivity contribution < 1.29 is 9.90 Å². The summed E-state index contributed by atoms with van der Waals surface area (Å²) in [6, 6.07) is 0.779. The minimum atomic E-state index is -0.907. The molecule has 1 aliphatic heterocycles. The van der Waals surface area contributed by atoms with E-state index in [9.17, 15) is 9.90 Å². The number of fused-ring (bicyclic) bond motifs is 1. The maximum Gasteiger partial charge on any atom is 0.356 e. The minimum absolute atomic E-state index is 0.293. The van der Waals surface area contributed by atoms with Crippen LogP contribution in [0.15, 0.2) is 11.6 Å². The zero-order chi connectivity index (χ0) is 13.7. The molecule has 106 valence electrons. The van der Waals surface area contributed by atoms with Crippen LogP contribution in [0.1, 0.15) is 23.3 Å². The van der Waals surface area contributed by atoms with Gasteiger partial charge in [0.25, 0.3) is 0 Å². The molecule has 0 radical (unpaired) electrons. The van der Waals surface area contributed by atoms with Crippen LogP contribution in [0, 0.1) is 0 Å². The highest BCUT2D eigenvalue weighted by Crippen LogP contribution is 2.30. The van der Waals surface area contributed by atoms with E-state index in [0.717, 1.165) is 37.2 Å². The van der Waals surface area contributed by atoms with Crippen LogP contribution in [-0.2, 0) is 0 Å². The summed E-state index contributed by atoms with van der Waals surface area (Å²) in [6.45, 7) is 3.74. The minimum Gasteiger partial charge on any atom is -0.476 e. The third kappa shape index (κ3) is 1.89. The number of aromatic carboxylic acids is 1. The molecule has 1 saturated heterocycles. The summed E-state index contributed by atoms with van der Waals surface area (Å²) in [4.78, 5) is 21.4. The molecular weight excluding hydrogens is 276 g/mol. The average Bonchev–Trinajstić information content (AvgIpc) is 3.08. The number of anilines is 1. The molecule has 0 atom stereocenters. The standard InChI is InChI=1S/C13H16N4O2S/c18-12(19)10-11(14-13-17(10)7-8-20-13)16-5-3-15(4-6-16)9-1-2-9/h7-9H,1-6H2,(H,18,19). The molecule has 1 aliphatic carbocycles. The van der Waals surface area contributed by atoms with Gasteiger partial charge in [0.1, 0.15) is 0 Å². The third-order valence-electron chi connectivity index (χ3n) is 4.12. The zero-order valence-corrected chi connectivity index (χ0v) is 11.8. The molecule has 0 spiro atoms. The number of carboxylic acids is 1. The van der Waals surface area contributed by atoms with Gasteiger partial charge in [0.05, 0.1) is 0 Å². The van der Waals surface area contributed by atoms with Crippen LogP contribution in [0.5, 0.6) is 0 Å². The fraction of sp³-hybridized carbons (Fsp3) is 0.538. The Hall–Kier alpha value is -1.60. The highest BCUT2D eigenvalue weighted by molar-refractivity contribution is 7.15. The van der Waals surface area contributed by atoms with Gasteiger partial charge >= 0.3 is 5.97 Å². The van der Waals surface area contributed by atoms with E-state index in [1.165, 1.54) is 24.2 Å². The van der Waals surface area contributed by atoms with Gasteiger partial charge < -0.3 is 10.0 Å². The molecule has 20 heavy (non-hydrogen) atoms. The number of aromatic nitrogens is 2. The van der Waals surface area contributed by atoms with Crippen LogP contribution in [0.3, 0.4) is 0 Å². The lowest BCUT2D eigenvalue weighted by atomic mass is 10.3. The molecule has 6 nitrogen and oxygen atoms in total. The number of thiazole rings is 1. The molecule has 2 fully saturated rings. The largest absolute Gasteiger partial charge is 0.476 e. The normalized spacial score (nSPS) is 20.7. The van der Waals surface area contributed by atoms with E-state index in [-0.39, 0.29) is 0 Å². The second-order valence-electron chi connectivity index (χ2n) is 5.40. The molecule has 3 heterocycles. The lowest BCUT2D eigenvalue weighted by Gasteiger charge is -2.35. The maximum absolute atomic E-state index is 11.5. The highest BCUT2D eigenvalue weighted by Gasteiger charge is 2.33. The van der Waals surface area contributed by atoms with E-state index in [2.05, 4.69) is 14.8 Å². The second kappa shape index (κ2) is 4.46. The molecule has 4 rings (SSSR count). The lowest BCUT2D eigenvalue weighted by Crippen LogP contribution is -2.47. The van der Waals surface area contributed by atoms with Gasteiger partial charge in [-0.2, -0.15) is 0 Å². The topological polar surface area (TPSA) is 61.1 Å². The monoisotopic (exact) mass is 292 g/mol. The zero-order valence-electron chi connectivity index (χ0n) is 11.0. The van der Waals surface area contributed by atoms with E-state index in [0.29, 0.717) is 11.5 Å². The van der Waals surface area contributed by atoms with Crippen molar-refractivity contribution in [2.24, 2.45) is 0 Å². The smallest absolute Gasteiger partial charge is 0.356 e. The molecule has 7 heteroatoms. The summed E-state index contributed by atoms with van der Waals surface area (Å²) in [5, 5.41) is 11.3. The van der Waals surface area contributed by atoms with Gasteiger partial charge in [-0.15, -0.1) is 11.3 Å². The van der Waals surface area contributed by atoms with E-state index >= 15 is 0 Å². The van der Waals surface area contributed by atoms with Gasteiger partial charge in [0.15, 0.2) is 16.5 Å². The van der Waals surface area contributed by atoms with Crippen molar-refractivity contribution in [3.63, 3.8) is 0 Å². The maximum atomic E-state index is 11.5. The Bertz CT molecular complexity index is 652. The summed E-state index contributed by atoms with van der Waals surface area (Å²) >= 11 is 1.47. The average molecular weight is 292 g/mol. The Balaban J connectivity index is 1.63. The van der Waals surface area contributed by atoms with Gasteiger partial charge in [-0.25, -0.2) is 9.78 Å². The summed E-state index contributed by atoms with van der Waals surface area (Å²) in [6.07, 6.45) is 4.42. The van der Waals surface area contributed by atoms with Crippen LogP contribution < -0.4 is 4.90 Å². The first kappa shape index (κ1) is 12.2. The number of piperazine rings is 1. The number of hydrogen-bond acceptors (Lipinski definition) is 5. The number of hydrogen-bond donors (Lipinski definition) is 1. The van der Waals surface area contributed by atoms with Crippen molar-refractivity contribution in [1.82, 2.24) is 14.3 Å². The van der Waals surface area contributed by atoms with Crippen molar-refractivity contribution in [3.8, 4) is 0 Å². The molecule has 2 aromatic heterocycles. The van der Waals surface area contributed by atoms with Crippen LogP contribution in [0.4, 0.5) is 5.82 Å². The quantitative estimate of drug-likeness (QED) is 0.926. The Morgan fingerprint density at radius 2 is 2.05 bits per heavy atom. The van der Waals surface area contributed by atoms with Crippen molar-refractivity contribution in [2.75, 3.05) is 31.1 Å². The SMILES string of the molecule is O=C(O)c1c(N2CCN(C3CC3)CC2)nc2sccn12. The summed E-state index contributed by atoms with van der Waals surface area (Å²) in [5.41, 5.74) is 0.293. The number of nitrogens with zero attached hydrogens (tertiary/aromatic N) is 4. The fourth-order valence-corrected chi connectivity index (χ4v) is 3.64. The molecule has 2 aliphatic rings. The summed E-state index contributed by atoms with van der Waals surface area (Å²) < 4.78 is 1.68. The lowest BCUT2D eigenvalue weighted by molar-refractivity contribution is 0.0690. The predicted octanol–water partition coefficient (Wildman–Crippen LogP) is 1.38. The predicted molar refractivity (Wildman–Crippen MR) is 76.8 cm³/mol. The van der Waals surface area contributed by atoms with Crippen LogP contribution in [0.2, 0.25) is 0 Å². The van der Waals surface area contributed by atoms with Crippen molar-refractivity contribution >= 4 is 28.1 Å². The molecule has 1 saturated carbocycles. The van der Waals surface area contributed by atoms with E-state index < -0.39 is 5.97 Å². The van der Waals surface area contributed by atoms with Gasteiger partial charge in [-0.05, 0) is 12.8 Å². The Kier molecular flexibility index (Phi) is 2.71. The van der Waals surface area contributed by atoms with Crippen LogP contribution >= 0.6 is 11.3 Å². The van der Waals surface area contributed by atoms with Gasteiger partial charge in [-0.3, -0.25) is 9.30 Å². The Labute approximate surface area is 120 Å². The summed E-state index contributed by atoms with van der Waals surface area (Å²) in [5.74, 6) is -0.282. The third-order valence-corrected chi connectivity index (χ3v) is 4.88. The molecule has 0 aromatic carbocycles. The van der Waals surface area contributed by atoms with Crippen molar-refractivity contribution in [3.05, 3.63) is 17.3 Å². The number of rotatable bonds is 3.